The van der Waals surface area contributed by atoms with Crippen molar-refractivity contribution in [3.63, 3.8) is 0 Å². The average Bonchev–Trinajstić information content (AvgIpc) is 3.03. The van der Waals surface area contributed by atoms with E-state index in [2.05, 4.69) is 36.3 Å². The Morgan fingerprint density at radius 2 is 2.29 bits per heavy atom. The number of oxazole rings is 1. The van der Waals surface area contributed by atoms with Gasteiger partial charge in [0.1, 0.15) is 12.0 Å². The van der Waals surface area contributed by atoms with E-state index in [-0.39, 0.29) is 0 Å². The Hall–Kier alpha value is -1.46. The summed E-state index contributed by atoms with van der Waals surface area (Å²) < 4.78 is 10.7. The minimum Gasteiger partial charge on any atom is -0.496 e. The van der Waals surface area contributed by atoms with Crippen molar-refractivity contribution in [3.05, 3.63) is 41.8 Å². The van der Waals surface area contributed by atoms with E-state index in [1.165, 1.54) is 5.56 Å². The van der Waals surface area contributed by atoms with Crippen molar-refractivity contribution in [1.82, 2.24) is 10.3 Å². The molecule has 0 radical (unpaired) electrons. The molecule has 0 aliphatic rings. The number of nitrogens with one attached hydrogen (secondary N) is 1. The lowest BCUT2D eigenvalue weighted by molar-refractivity contribution is 0.410. The Kier molecular flexibility index (Phi) is 6.14. The van der Waals surface area contributed by atoms with Crippen molar-refractivity contribution in [1.29, 1.82) is 0 Å². The van der Waals surface area contributed by atoms with Crippen molar-refractivity contribution >= 4 is 11.8 Å². The van der Waals surface area contributed by atoms with Crippen LogP contribution in [0.15, 0.2) is 40.3 Å². The monoisotopic (exact) mass is 306 g/mol. The Bertz CT molecular complexity index is 543. The number of methoxy groups -OCH3 is 1. The highest BCUT2D eigenvalue weighted by atomic mass is 32.2. The maximum absolute atomic E-state index is 5.45. The molecule has 0 saturated carbocycles. The number of ether oxygens (including phenoxy) is 1. The fourth-order valence-corrected chi connectivity index (χ4v) is 2.84. The molecule has 1 aromatic heterocycles. The van der Waals surface area contributed by atoms with Gasteiger partial charge in [0.25, 0.3) is 5.22 Å². The van der Waals surface area contributed by atoms with E-state index >= 15 is 0 Å². The van der Waals surface area contributed by atoms with E-state index in [0.717, 1.165) is 30.0 Å². The first kappa shape index (κ1) is 15.9. The summed E-state index contributed by atoms with van der Waals surface area (Å²) in [5.74, 6) is 1.68. The summed E-state index contributed by atoms with van der Waals surface area (Å²) in [6.45, 7) is 5.38. The lowest BCUT2D eigenvalue weighted by atomic mass is 10.0. The van der Waals surface area contributed by atoms with Gasteiger partial charge in [0.05, 0.1) is 13.3 Å². The molecule has 21 heavy (non-hydrogen) atoms. The third-order valence-electron chi connectivity index (χ3n) is 3.27. The third-order valence-corrected chi connectivity index (χ3v) is 4.17. The molecule has 1 unspecified atom stereocenters. The normalized spacial score (nSPS) is 12.3. The predicted molar refractivity (Wildman–Crippen MR) is 85.8 cm³/mol. The van der Waals surface area contributed by atoms with Crippen LogP contribution in [0.1, 0.15) is 37.4 Å². The molecule has 1 atom stereocenters. The van der Waals surface area contributed by atoms with Gasteiger partial charge in [-0.3, -0.25) is 0 Å². The molecule has 114 valence electrons. The molecule has 1 aromatic carbocycles. The van der Waals surface area contributed by atoms with E-state index in [1.807, 2.05) is 6.07 Å². The van der Waals surface area contributed by atoms with Gasteiger partial charge >= 0.3 is 0 Å². The smallest absolute Gasteiger partial charge is 0.255 e. The second-order valence-electron chi connectivity index (χ2n) is 4.83. The molecule has 0 spiro atoms. The van der Waals surface area contributed by atoms with E-state index < -0.39 is 0 Å². The highest BCUT2D eigenvalue weighted by Gasteiger charge is 2.10. The van der Waals surface area contributed by atoms with Crippen LogP contribution in [-0.2, 0) is 5.75 Å². The lowest BCUT2D eigenvalue weighted by Gasteiger charge is -2.16. The zero-order chi connectivity index (χ0) is 15.1. The molecule has 2 aromatic rings. The van der Waals surface area contributed by atoms with Crippen LogP contribution in [0.5, 0.6) is 5.75 Å². The predicted octanol–water partition coefficient (Wildman–Crippen LogP) is 4.04. The summed E-state index contributed by atoms with van der Waals surface area (Å²) in [6, 6.07) is 6.68. The Balaban J connectivity index is 2.09. The summed E-state index contributed by atoms with van der Waals surface area (Å²) >= 11 is 1.57. The topological polar surface area (TPSA) is 47.3 Å². The van der Waals surface area contributed by atoms with Crippen molar-refractivity contribution in [3.8, 4) is 5.75 Å². The number of hydrogen-bond donors (Lipinski definition) is 1. The quantitative estimate of drug-likeness (QED) is 0.746. The minimum absolute atomic E-state index is 0.335. The molecule has 0 bridgehead atoms. The second-order valence-corrected chi connectivity index (χ2v) is 5.76. The van der Waals surface area contributed by atoms with E-state index in [1.54, 1.807) is 31.3 Å². The van der Waals surface area contributed by atoms with Gasteiger partial charge in [-0.05, 0) is 37.6 Å². The molecule has 2 rings (SSSR count). The van der Waals surface area contributed by atoms with Gasteiger partial charge in [-0.2, -0.15) is 0 Å². The van der Waals surface area contributed by atoms with Crippen molar-refractivity contribution < 1.29 is 9.15 Å². The van der Waals surface area contributed by atoms with Crippen LogP contribution in [0.4, 0.5) is 0 Å². The van der Waals surface area contributed by atoms with E-state index in [9.17, 15) is 0 Å². The SMILES string of the molecule is CCCNC(C)c1ccc(OC)c(CSc2ncco2)c1. The minimum atomic E-state index is 0.335. The van der Waals surface area contributed by atoms with Crippen LogP contribution in [0.25, 0.3) is 0 Å². The van der Waals surface area contributed by atoms with Crippen LogP contribution >= 0.6 is 11.8 Å². The highest BCUT2D eigenvalue weighted by molar-refractivity contribution is 7.98. The number of rotatable bonds is 8. The van der Waals surface area contributed by atoms with Crippen molar-refractivity contribution in [2.75, 3.05) is 13.7 Å². The standard InChI is InChI=1S/C16H22N2O2S/c1-4-7-17-12(2)13-5-6-15(19-3)14(10-13)11-21-16-18-8-9-20-16/h5-6,8-10,12,17H,4,7,11H2,1-3H3. The molecule has 0 fully saturated rings. The second kappa shape index (κ2) is 8.10. The Labute approximate surface area is 130 Å². The van der Waals surface area contributed by atoms with Gasteiger partial charge < -0.3 is 14.5 Å². The summed E-state index contributed by atoms with van der Waals surface area (Å²) in [4.78, 5) is 4.13. The maximum atomic E-state index is 5.45. The van der Waals surface area contributed by atoms with Crippen LogP contribution in [0, 0.1) is 0 Å². The number of thioether (sulfide) groups is 1. The largest absolute Gasteiger partial charge is 0.496 e. The Morgan fingerprint density at radius 3 is 2.95 bits per heavy atom. The highest BCUT2D eigenvalue weighted by Crippen LogP contribution is 2.29. The van der Waals surface area contributed by atoms with Crippen molar-refractivity contribution in [2.45, 2.75) is 37.3 Å². The van der Waals surface area contributed by atoms with Gasteiger partial charge in [-0.15, -0.1) is 0 Å². The summed E-state index contributed by atoms with van der Waals surface area (Å²) in [6.07, 6.45) is 4.38. The van der Waals surface area contributed by atoms with Gasteiger partial charge in [0.2, 0.25) is 0 Å². The van der Waals surface area contributed by atoms with Crippen LogP contribution < -0.4 is 10.1 Å². The fourth-order valence-electron chi connectivity index (χ4n) is 2.08. The lowest BCUT2D eigenvalue weighted by Crippen LogP contribution is -2.19. The van der Waals surface area contributed by atoms with E-state index in [4.69, 9.17) is 9.15 Å². The third kappa shape index (κ3) is 4.51. The molecule has 0 saturated heterocycles. The summed E-state index contributed by atoms with van der Waals surface area (Å²) in [5.41, 5.74) is 2.43. The van der Waals surface area contributed by atoms with Gasteiger partial charge in [0.15, 0.2) is 0 Å². The van der Waals surface area contributed by atoms with Crippen LogP contribution in [-0.4, -0.2) is 18.6 Å². The van der Waals surface area contributed by atoms with Gasteiger partial charge in [-0.25, -0.2) is 4.98 Å². The molecule has 1 N–H and O–H groups in total. The van der Waals surface area contributed by atoms with Gasteiger partial charge in [-0.1, -0.05) is 24.8 Å². The van der Waals surface area contributed by atoms with Crippen molar-refractivity contribution in [2.24, 2.45) is 0 Å². The van der Waals surface area contributed by atoms with Gasteiger partial charge in [0, 0.05) is 17.4 Å². The molecule has 0 amide bonds. The maximum Gasteiger partial charge on any atom is 0.255 e. The average molecular weight is 306 g/mol. The molecule has 5 heteroatoms. The first-order valence-corrected chi connectivity index (χ1v) is 8.15. The summed E-state index contributed by atoms with van der Waals surface area (Å²) in [7, 11) is 1.70. The number of nitrogens with zero attached hydrogens (tertiary/aromatic N) is 1. The van der Waals surface area contributed by atoms with Crippen LogP contribution in [0.2, 0.25) is 0 Å². The fraction of sp³-hybridized carbons (Fsp3) is 0.438. The molecular formula is C16H22N2O2S. The first-order valence-electron chi connectivity index (χ1n) is 7.17. The number of hydrogen-bond acceptors (Lipinski definition) is 5. The zero-order valence-electron chi connectivity index (χ0n) is 12.8. The molecule has 0 aliphatic carbocycles. The number of benzene rings is 1. The molecule has 1 heterocycles. The molecule has 0 aliphatic heterocycles. The summed E-state index contributed by atoms with van der Waals surface area (Å²) in [5, 5.41) is 4.18. The van der Waals surface area contributed by atoms with Crippen LogP contribution in [0.3, 0.4) is 0 Å². The first-order chi connectivity index (χ1) is 10.2. The van der Waals surface area contributed by atoms with E-state index in [0.29, 0.717) is 11.3 Å². The number of aromatic nitrogens is 1. The molecular weight excluding hydrogens is 284 g/mol. The zero-order valence-corrected chi connectivity index (χ0v) is 13.6. The Morgan fingerprint density at radius 1 is 1.43 bits per heavy atom. The molecule has 4 nitrogen and oxygen atoms in total.